The molecule has 1 aromatic carbocycles. The fourth-order valence-corrected chi connectivity index (χ4v) is 3.78. The van der Waals surface area contributed by atoms with Crippen molar-refractivity contribution in [3.63, 3.8) is 0 Å². The van der Waals surface area contributed by atoms with Crippen molar-refractivity contribution in [2.45, 2.75) is 31.8 Å². The van der Waals surface area contributed by atoms with Crippen LogP contribution in [0.5, 0.6) is 5.75 Å². The number of piperazine rings is 1. The summed E-state index contributed by atoms with van der Waals surface area (Å²) in [4.78, 5) is 21.4. The zero-order valence-electron chi connectivity index (χ0n) is 17.1. The van der Waals surface area contributed by atoms with Crippen LogP contribution in [0.4, 0.5) is 0 Å². The molecular formula is C20H29Cl2N5O3. The van der Waals surface area contributed by atoms with E-state index < -0.39 is 0 Å². The molecule has 1 N–H and O–H groups in total. The molecule has 0 spiro atoms. The Bertz CT molecular complexity index is 788. The second-order valence-corrected chi connectivity index (χ2v) is 7.34. The highest BCUT2D eigenvalue weighted by Gasteiger charge is 2.28. The Morgan fingerprint density at radius 2 is 1.90 bits per heavy atom. The van der Waals surface area contributed by atoms with Crippen LogP contribution in [0, 0.1) is 0 Å². The van der Waals surface area contributed by atoms with Gasteiger partial charge in [-0.1, -0.05) is 11.6 Å². The molecule has 2 aliphatic heterocycles. The molecule has 0 saturated carbocycles. The van der Waals surface area contributed by atoms with E-state index in [0.717, 1.165) is 56.9 Å². The number of hydrogen-bond acceptors (Lipinski definition) is 7. The van der Waals surface area contributed by atoms with Crippen LogP contribution in [0.2, 0.25) is 0 Å². The van der Waals surface area contributed by atoms with Gasteiger partial charge in [0.25, 0.3) is 0 Å². The average Bonchev–Trinajstić information content (AvgIpc) is 3.23. The van der Waals surface area contributed by atoms with E-state index in [2.05, 4.69) is 20.4 Å². The summed E-state index contributed by atoms with van der Waals surface area (Å²) in [7, 11) is 1.64. The van der Waals surface area contributed by atoms with Crippen molar-refractivity contribution in [1.29, 1.82) is 0 Å². The van der Waals surface area contributed by atoms with E-state index in [1.807, 2.05) is 29.2 Å². The number of nitrogens with zero attached hydrogens (tertiary/aromatic N) is 4. The molecule has 2 saturated heterocycles. The smallest absolute Gasteiger partial charge is 0.241 e. The van der Waals surface area contributed by atoms with Gasteiger partial charge in [0, 0.05) is 31.7 Å². The fraction of sp³-hybridized carbons (Fsp3) is 0.550. The number of carbonyl (C=O) groups excluding carboxylic acids is 1. The molecule has 1 aromatic heterocycles. The van der Waals surface area contributed by atoms with Gasteiger partial charge < -0.3 is 19.5 Å². The molecule has 0 aliphatic carbocycles. The molecule has 2 aliphatic rings. The lowest BCUT2D eigenvalue weighted by molar-refractivity contribution is -0.135. The Hall–Kier alpha value is -1.87. The summed E-state index contributed by atoms with van der Waals surface area (Å²) in [5.74, 6) is 2.22. The van der Waals surface area contributed by atoms with Crippen LogP contribution in [0.25, 0.3) is 11.4 Å². The van der Waals surface area contributed by atoms with Gasteiger partial charge in [-0.2, -0.15) is 4.98 Å². The molecule has 3 heterocycles. The van der Waals surface area contributed by atoms with E-state index >= 15 is 0 Å². The third kappa shape index (κ3) is 5.85. The van der Waals surface area contributed by atoms with Gasteiger partial charge in [-0.3, -0.25) is 9.69 Å². The lowest BCUT2D eigenvalue weighted by Gasteiger charge is -2.36. The van der Waals surface area contributed by atoms with Crippen molar-refractivity contribution < 1.29 is 14.1 Å². The minimum Gasteiger partial charge on any atom is -0.497 e. The number of halogens is 2. The molecule has 1 unspecified atom stereocenters. The molecule has 0 bridgehead atoms. The third-order valence-corrected chi connectivity index (χ3v) is 5.47. The predicted molar refractivity (Wildman–Crippen MR) is 118 cm³/mol. The maximum absolute atomic E-state index is 12.6. The molecule has 8 nitrogen and oxygen atoms in total. The number of rotatable bonds is 5. The number of aromatic nitrogens is 2. The number of piperidine rings is 1. The Labute approximate surface area is 189 Å². The standard InChI is InChI=1S/C20H27N5O3.2ClH/c1-27-16-7-5-15(6-8-16)19-22-18(28-23-19)14-24-10-12-25(13-11-24)20(26)17-4-2-3-9-21-17;;/h5-8,17,21H,2-4,9-14H2,1H3;2*1H. The molecule has 30 heavy (non-hydrogen) atoms. The predicted octanol–water partition coefficient (Wildman–Crippen LogP) is 2.38. The quantitative estimate of drug-likeness (QED) is 0.737. The summed E-state index contributed by atoms with van der Waals surface area (Å²) in [5, 5.41) is 7.43. The minimum absolute atomic E-state index is 0. The zero-order valence-corrected chi connectivity index (χ0v) is 18.7. The monoisotopic (exact) mass is 457 g/mol. The molecule has 0 radical (unpaired) electrons. The maximum atomic E-state index is 12.6. The SMILES string of the molecule is COc1ccc(-c2noc(CN3CCN(C(=O)C4CCCCN4)CC3)n2)cc1.Cl.Cl. The largest absolute Gasteiger partial charge is 0.497 e. The van der Waals surface area contributed by atoms with Crippen molar-refractivity contribution in [2.75, 3.05) is 39.8 Å². The van der Waals surface area contributed by atoms with E-state index in [4.69, 9.17) is 9.26 Å². The number of carbonyl (C=O) groups is 1. The second-order valence-electron chi connectivity index (χ2n) is 7.34. The summed E-state index contributed by atoms with van der Waals surface area (Å²) in [6.07, 6.45) is 3.26. The lowest BCUT2D eigenvalue weighted by atomic mass is 10.0. The van der Waals surface area contributed by atoms with Crippen molar-refractivity contribution in [1.82, 2.24) is 25.3 Å². The minimum atomic E-state index is 0. The highest BCUT2D eigenvalue weighted by Crippen LogP contribution is 2.20. The van der Waals surface area contributed by atoms with E-state index in [9.17, 15) is 4.79 Å². The van der Waals surface area contributed by atoms with Gasteiger partial charge in [0.2, 0.25) is 17.6 Å². The third-order valence-electron chi connectivity index (χ3n) is 5.47. The van der Waals surface area contributed by atoms with Gasteiger partial charge in [-0.15, -0.1) is 24.8 Å². The van der Waals surface area contributed by atoms with E-state index in [0.29, 0.717) is 18.3 Å². The van der Waals surface area contributed by atoms with Gasteiger partial charge in [-0.25, -0.2) is 0 Å². The first-order chi connectivity index (χ1) is 13.7. The molecular weight excluding hydrogens is 429 g/mol. The highest BCUT2D eigenvalue weighted by atomic mass is 35.5. The number of benzene rings is 1. The summed E-state index contributed by atoms with van der Waals surface area (Å²) in [6.45, 7) is 4.68. The van der Waals surface area contributed by atoms with Crippen LogP contribution in [-0.2, 0) is 11.3 Å². The van der Waals surface area contributed by atoms with Gasteiger partial charge in [0.1, 0.15) is 5.75 Å². The van der Waals surface area contributed by atoms with Gasteiger partial charge in [-0.05, 0) is 43.7 Å². The number of methoxy groups -OCH3 is 1. The molecule has 2 fully saturated rings. The normalized spacial score (nSPS) is 19.5. The summed E-state index contributed by atoms with van der Waals surface area (Å²) < 4.78 is 10.6. The molecule has 4 rings (SSSR count). The van der Waals surface area contributed by atoms with Crippen molar-refractivity contribution >= 4 is 30.7 Å². The van der Waals surface area contributed by atoms with Crippen LogP contribution >= 0.6 is 24.8 Å². The van der Waals surface area contributed by atoms with E-state index in [-0.39, 0.29) is 36.8 Å². The second kappa shape index (κ2) is 11.5. The zero-order chi connectivity index (χ0) is 19.3. The number of amides is 1. The van der Waals surface area contributed by atoms with Gasteiger partial charge in [0.05, 0.1) is 19.7 Å². The van der Waals surface area contributed by atoms with E-state index in [1.165, 1.54) is 6.42 Å². The van der Waals surface area contributed by atoms with Crippen LogP contribution in [-0.4, -0.2) is 71.7 Å². The highest BCUT2D eigenvalue weighted by molar-refractivity contribution is 5.85. The topological polar surface area (TPSA) is 83.7 Å². The summed E-state index contributed by atoms with van der Waals surface area (Å²) >= 11 is 0. The molecule has 166 valence electrons. The first-order valence-corrected chi connectivity index (χ1v) is 9.94. The Morgan fingerprint density at radius 1 is 1.17 bits per heavy atom. The molecule has 1 amide bonds. The number of hydrogen-bond donors (Lipinski definition) is 1. The molecule has 1 atom stereocenters. The lowest BCUT2D eigenvalue weighted by Crippen LogP contribution is -2.54. The number of nitrogens with one attached hydrogen (secondary N) is 1. The van der Waals surface area contributed by atoms with Crippen LogP contribution < -0.4 is 10.1 Å². The molecule has 10 heteroatoms. The van der Waals surface area contributed by atoms with Gasteiger partial charge >= 0.3 is 0 Å². The van der Waals surface area contributed by atoms with Gasteiger partial charge in [0.15, 0.2) is 0 Å². The summed E-state index contributed by atoms with van der Waals surface area (Å²) in [5.41, 5.74) is 0.895. The Morgan fingerprint density at radius 3 is 2.53 bits per heavy atom. The Kier molecular flexibility index (Phi) is 9.36. The first-order valence-electron chi connectivity index (χ1n) is 9.94. The van der Waals surface area contributed by atoms with Crippen LogP contribution in [0.15, 0.2) is 28.8 Å². The maximum Gasteiger partial charge on any atom is 0.241 e. The number of ether oxygens (including phenoxy) is 1. The van der Waals surface area contributed by atoms with Crippen molar-refractivity contribution in [3.8, 4) is 17.1 Å². The van der Waals surface area contributed by atoms with E-state index in [1.54, 1.807) is 7.11 Å². The average molecular weight is 458 g/mol. The Balaban J connectivity index is 0.00000160. The van der Waals surface area contributed by atoms with Crippen molar-refractivity contribution in [3.05, 3.63) is 30.2 Å². The molecule has 2 aromatic rings. The van der Waals surface area contributed by atoms with Crippen LogP contribution in [0.3, 0.4) is 0 Å². The van der Waals surface area contributed by atoms with Crippen molar-refractivity contribution in [2.24, 2.45) is 0 Å². The first kappa shape index (κ1) is 24.4. The van der Waals surface area contributed by atoms with Crippen LogP contribution in [0.1, 0.15) is 25.2 Å². The fourth-order valence-electron chi connectivity index (χ4n) is 3.78. The summed E-state index contributed by atoms with van der Waals surface area (Å²) in [6, 6.07) is 7.59.